The van der Waals surface area contributed by atoms with Crippen molar-refractivity contribution in [3.8, 4) is 0 Å². The molecule has 2 aromatic rings. The number of aromatic nitrogens is 3. The quantitative estimate of drug-likeness (QED) is 0.850. The number of hydrogen-bond donors (Lipinski definition) is 2. The first-order valence-corrected chi connectivity index (χ1v) is 6.48. The minimum atomic E-state index is 0.0199. The molecule has 1 atom stereocenters. The maximum atomic E-state index is 11.7. The van der Waals surface area contributed by atoms with Crippen LogP contribution in [0.5, 0.6) is 0 Å². The highest BCUT2D eigenvalue weighted by molar-refractivity contribution is 5.77. The molecule has 3 N–H and O–H groups in total. The van der Waals surface area contributed by atoms with Crippen LogP contribution in [0.3, 0.4) is 0 Å². The van der Waals surface area contributed by atoms with Crippen molar-refractivity contribution in [2.75, 3.05) is 5.73 Å². The van der Waals surface area contributed by atoms with E-state index in [1.807, 2.05) is 26.0 Å². The van der Waals surface area contributed by atoms with Gasteiger partial charge in [-0.25, -0.2) is 9.97 Å². The van der Waals surface area contributed by atoms with Crippen LogP contribution in [0.25, 0.3) is 11.2 Å². The van der Waals surface area contributed by atoms with Gasteiger partial charge in [0, 0.05) is 25.2 Å². The number of nitrogens with one attached hydrogen (secondary N) is 1. The zero-order chi connectivity index (χ0) is 13.8. The summed E-state index contributed by atoms with van der Waals surface area (Å²) in [6.45, 7) is 4.51. The van der Waals surface area contributed by atoms with E-state index >= 15 is 0 Å². The van der Waals surface area contributed by atoms with Gasteiger partial charge in [-0.15, -0.1) is 0 Å². The van der Waals surface area contributed by atoms with Crippen molar-refractivity contribution in [3.63, 3.8) is 0 Å². The van der Waals surface area contributed by atoms with Gasteiger partial charge in [-0.2, -0.15) is 0 Å². The zero-order valence-corrected chi connectivity index (χ0v) is 11.3. The SMILES string of the molecule is CCC(C)NC(=O)CCn1c(N)nc2cccnc21. The molecule has 2 heterocycles. The molecule has 0 aliphatic rings. The Morgan fingerprint density at radius 3 is 3.11 bits per heavy atom. The summed E-state index contributed by atoms with van der Waals surface area (Å²) in [4.78, 5) is 20.2. The predicted molar refractivity (Wildman–Crippen MR) is 74.5 cm³/mol. The molecule has 0 saturated heterocycles. The van der Waals surface area contributed by atoms with Crippen molar-refractivity contribution in [2.45, 2.75) is 39.3 Å². The molecule has 6 heteroatoms. The second-order valence-corrected chi connectivity index (χ2v) is 4.59. The van der Waals surface area contributed by atoms with Gasteiger partial charge in [0.15, 0.2) is 5.65 Å². The first-order valence-electron chi connectivity index (χ1n) is 6.48. The first kappa shape index (κ1) is 13.3. The molecule has 0 spiro atoms. The van der Waals surface area contributed by atoms with E-state index in [0.717, 1.165) is 17.6 Å². The number of carbonyl (C=O) groups is 1. The van der Waals surface area contributed by atoms with Crippen molar-refractivity contribution in [2.24, 2.45) is 0 Å². The van der Waals surface area contributed by atoms with E-state index in [-0.39, 0.29) is 11.9 Å². The van der Waals surface area contributed by atoms with Gasteiger partial charge in [-0.3, -0.25) is 9.36 Å². The number of aryl methyl sites for hydroxylation is 1. The fourth-order valence-corrected chi connectivity index (χ4v) is 1.86. The predicted octanol–water partition coefficient (Wildman–Crippen LogP) is 1.32. The van der Waals surface area contributed by atoms with Crippen LogP contribution in [0, 0.1) is 0 Å². The second-order valence-electron chi connectivity index (χ2n) is 4.59. The highest BCUT2D eigenvalue weighted by Gasteiger charge is 2.11. The number of imidazole rings is 1. The van der Waals surface area contributed by atoms with Gasteiger partial charge in [0.25, 0.3) is 0 Å². The molecule has 0 saturated carbocycles. The number of hydrogen-bond acceptors (Lipinski definition) is 4. The molecule has 2 rings (SSSR count). The Morgan fingerprint density at radius 2 is 2.37 bits per heavy atom. The fraction of sp³-hybridized carbons (Fsp3) is 0.462. The number of anilines is 1. The molecule has 0 aliphatic heterocycles. The number of carbonyl (C=O) groups excluding carboxylic acids is 1. The highest BCUT2D eigenvalue weighted by atomic mass is 16.1. The van der Waals surface area contributed by atoms with Gasteiger partial charge in [-0.1, -0.05) is 6.92 Å². The lowest BCUT2D eigenvalue weighted by Crippen LogP contribution is -2.32. The van der Waals surface area contributed by atoms with Crippen molar-refractivity contribution in [1.82, 2.24) is 19.9 Å². The fourth-order valence-electron chi connectivity index (χ4n) is 1.86. The summed E-state index contributed by atoms with van der Waals surface area (Å²) in [5.74, 6) is 0.413. The molecule has 0 radical (unpaired) electrons. The number of nitrogen functional groups attached to an aromatic ring is 1. The summed E-state index contributed by atoms with van der Waals surface area (Å²) in [5, 5.41) is 2.93. The van der Waals surface area contributed by atoms with Gasteiger partial charge in [0.05, 0.1) is 0 Å². The third-order valence-corrected chi connectivity index (χ3v) is 3.12. The molecule has 0 bridgehead atoms. The highest BCUT2D eigenvalue weighted by Crippen LogP contribution is 2.15. The summed E-state index contributed by atoms with van der Waals surface area (Å²) in [5.41, 5.74) is 7.32. The van der Waals surface area contributed by atoms with Crippen LogP contribution in [0.2, 0.25) is 0 Å². The van der Waals surface area contributed by atoms with E-state index in [1.165, 1.54) is 0 Å². The van der Waals surface area contributed by atoms with E-state index in [2.05, 4.69) is 15.3 Å². The lowest BCUT2D eigenvalue weighted by atomic mass is 10.2. The lowest BCUT2D eigenvalue weighted by molar-refractivity contribution is -0.121. The topological polar surface area (TPSA) is 85.8 Å². The number of fused-ring (bicyclic) bond motifs is 1. The van der Waals surface area contributed by atoms with Gasteiger partial charge in [-0.05, 0) is 25.5 Å². The Kier molecular flexibility index (Phi) is 3.99. The van der Waals surface area contributed by atoms with Gasteiger partial charge < -0.3 is 11.1 Å². The molecular formula is C13H19N5O. The number of nitrogens with zero attached hydrogens (tertiary/aromatic N) is 3. The number of rotatable bonds is 5. The molecule has 1 unspecified atom stereocenters. The molecule has 102 valence electrons. The van der Waals surface area contributed by atoms with Crippen LogP contribution >= 0.6 is 0 Å². The van der Waals surface area contributed by atoms with Crippen molar-refractivity contribution in [1.29, 1.82) is 0 Å². The summed E-state index contributed by atoms with van der Waals surface area (Å²) in [6.07, 6.45) is 2.99. The number of amides is 1. The van der Waals surface area contributed by atoms with E-state index in [4.69, 9.17) is 5.73 Å². The molecule has 0 aromatic carbocycles. The number of pyridine rings is 1. The van der Waals surface area contributed by atoms with Crippen LogP contribution in [0.1, 0.15) is 26.7 Å². The minimum Gasteiger partial charge on any atom is -0.369 e. The minimum absolute atomic E-state index is 0.0199. The van der Waals surface area contributed by atoms with Gasteiger partial charge in [0.1, 0.15) is 5.52 Å². The van der Waals surface area contributed by atoms with Gasteiger partial charge in [0.2, 0.25) is 11.9 Å². The molecule has 6 nitrogen and oxygen atoms in total. The smallest absolute Gasteiger partial charge is 0.222 e. The van der Waals surface area contributed by atoms with Crippen molar-refractivity contribution < 1.29 is 4.79 Å². The Bertz CT molecular complexity index is 577. The third-order valence-electron chi connectivity index (χ3n) is 3.12. The van der Waals surface area contributed by atoms with Gasteiger partial charge >= 0.3 is 0 Å². The Hall–Kier alpha value is -2.11. The Morgan fingerprint density at radius 1 is 1.58 bits per heavy atom. The Balaban J connectivity index is 2.05. The molecular weight excluding hydrogens is 242 g/mol. The maximum Gasteiger partial charge on any atom is 0.222 e. The summed E-state index contributed by atoms with van der Waals surface area (Å²) < 4.78 is 1.77. The van der Waals surface area contributed by atoms with Crippen LogP contribution < -0.4 is 11.1 Å². The third kappa shape index (κ3) is 3.01. The van der Waals surface area contributed by atoms with Crippen molar-refractivity contribution in [3.05, 3.63) is 18.3 Å². The standard InChI is InChI=1S/C13H19N5O/c1-3-9(2)16-11(19)6-8-18-12-10(17-13(18)14)5-4-7-15-12/h4-5,7,9H,3,6,8H2,1-2H3,(H2,14,17)(H,16,19). The van der Waals surface area contributed by atoms with Crippen LogP contribution in [-0.2, 0) is 11.3 Å². The summed E-state index contributed by atoms with van der Waals surface area (Å²) in [7, 11) is 0. The molecule has 2 aromatic heterocycles. The Labute approximate surface area is 112 Å². The van der Waals surface area contributed by atoms with E-state index in [9.17, 15) is 4.79 Å². The van der Waals surface area contributed by atoms with E-state index in [1.54, 1.807) is 10.8 Å². The zero-order valence-electron chi connectivity index (χ0n) is 11.3. The lowest BCUT2D eigenvalue weighted by Gasteiger charge is -2.11. The molecule has 0 fully saturated rings. The first-order chi connectivity index (χ1) is 9.11. The average molecular weight is 261 g/mol. The van der Waals surface area contributed by atoms with Crippen molar-refractivity contribution >= 4 is 23.0 Å². The normalized spacial score (nSPS) is 12.5. The molecule has 0 aliphatic carbocycles. The van der Waals surface area contributed by atoms with E-state index < -0.39 is 0 Å². The number of nitrogens with two attached hydrogens (primary N) is 1. The van der Waals surface area contributed by atoms with Crippen LogP contribution in [0.4, 0.5) is 5.95 Å². The summed E-state index contributed by atoms with van der Waals surface area (Å²) >= 11 is 0. The van der Waals surface area contributed by atoms with Crippen LogP contribution in [-0.4, -0.2) is 26.5 Å². The maximum absolute atomic E-state index is 11.7. The molecule has 19 heavy (non-hydrogen) atoms. The second kappa shape index (κ2) is 5.69. The monoisotopic (exact) mass is 261 g/mol. The van der Waals surface area contributed by atoms with E-state index in [0.29, 0.717) is 18.9 Å². The average Bonchev–Trinajstić information content (AvgIpc) is 2.71. The molecule has 1 amide bonds. The van der Waals surface area contributed by atoms with Crippen LogP contribution in [0.15, 0.2) is 18.3 Å². The summed E-state index contributed by atoms with van der Waals surface area (Å²) in [6, 6.07) is 3.87. The largest absolute Gasteiger partial charge is 0.369 e.